The lowest BCUT2D eigenvalue weighted by Gasteiger charge is -2.15. The normalized spacial score (nSPS) is 12.8. The van der Waals surface area contributed by atoms with Crippen LogP contribution in [0.15, 0.2) is 73.1 Å². The van der Waals surface area contributed by atoms with E-state index < -0.39 is 6.04 Å². The second-order valence-corrected chi connectivity index (χ2v) is 7.99. The van der Waals surface area contributed by atoms with Crippen molar-refractivity contribution in [2.45, 2.75) is 30.9 Å². The molecule has 2 aromatic carbocycles. The van der Waals surface area contributed by atoms with Crippen LogP contribution in [0.5, 0.6) is 0 Å². The van der Waals surface area contributed by atoms with Crippen molar-refractivity contribution in [3.05, 3.63) is 78.6 Å². The number of nitrogens with one attached hydrogen (secondary N) is 2. The molecular formula is C22H24N4O2S. The van der Waals surface area contributed by atoms with Crippen molar-refractivity contribution in [3.63, 3.8) is 0 Å². The SMILES string of the molecule is C[C@H](SCc1ccccc1)C(=O)Nc1cccc(NC(=O)[C@H](C)n2cccn2)c1. The van der Waals surface area contributed by atoms with E-state index in [2.05, 4.69) is 15.7 Å². The van der Waals surface area contributed by atoms with Gasteiger partial charge in [-0.2, -0.15) is 5.10 Å². The van der Waals surface area contributed by atoms with E-state index in [4.69, 9.17) is 0 Å². The van der Waals surface area contributed by atoms with Crippen molar-refractivity contribution >= 4 is 35.0 Å². The van der Waals surface area contributed by atoms with Crippen LogP contribution < -0.4 is 10.6 Å². The molecule has 0 spiro atoms. The third-order valence-electron chi connectivity index (χ3n) is 4.41. The lowest BCUT2D eigenvalue weighted by Crippen LogP contribution is -2.24. The fourth-order valence-corrected chi connectivity index (χ4v) is 3.51. The smallest absolute Gasteiger partial charge is 0.248 e. The van der Waals surface area contributed by atoms with Gasteiger partial charge in [-0.1, -0.05) is 36.4 Å². The van der Waals surface area contributed by atoms with Gasteiger partial charge in [-0.05, 0) is 43.7 Å². The molecule has 29 heavy (non-hydrogen) atoms. The second kappa shape index (κ2) is 9.93. The molecule has 1 aromatic heterocycles. The third-order valence-corrected chi connectivity index (χ3v) is 5.62. The molecule has 0 fully saturated rings. The Kier molecular flexibility index (Phi) is 7.08. The first-order valence-electron chi connectivity index (χ1n) is 9.39. The van der Waals surface area contributed by atoms with Crippen molar-refractivity contribution in [1.29, 1.82) is 0 Å². The lowest BCUT2D eigenvalue weighted by molar-refractivity contribution is -0.119. The molecular weight excluding hydrogens is 384 g/mol. The summed E-state index contributed by atoms with van der Waals surface area (Å²) in [6.45, 7) is 3.67. The number of nitrogens with zero attached hydrogens (tertiary/aromatic N) is 2. The van der Waals surface area contributed by atoms with Crippen LogP contribution in [0.4, 0.5) is 11.4 Å². The van der Waals surface area contributed by atoms with Crippen molar-refractivity contribution in [3.8, 4) is 0 Å². The molecule has 0 aliphatic carbocycles. The highest BCUT2D eigenvalue weighted by atomic mass is 32.2. The zero-order valence-electron chi connectivity index (χ0n) is 16.4. The van der Waals surface area contributed by atoms with Crippen LogP contribution in [0.2, 0.25) is 0 Å². The molecule has 3 aromatic rings. The van der Waals surface area contributed by atoms with Gasteiger partial charge in [0.15, 0.2) is 0 Å². The first-order chi connectivity index (χ1) is 14.0. The largest absolute Gasteiger partial charge is 0.325 e. The quantitative estimate of drug-likeness (QED) is 0.581. The molecule has 0 radical (unpaired) electrons. The Morgan fingerprint density at radius 2 is 1.66 bits per heavy atom. The Morgan fingerprint density at radius 3 is 2.31 bits per heavy atom. The van der Waals surface area contributed by atoms with Gasteiger partial charge in [0, 0.05) is 29.5 Å². The summed E-state index contributed by atoms with van der Waals surface area (Å²) < 4.78 is 1.59. The van der Waals surface area contributed by atoms with Gasteiger partial charge in [0.1, 0.15) is 6.04 Å². The van der Waals surface area contributed by atoms with E-state index in [1.807, 2.05) is 37.3 Å². The molecule has 2 N–H and O–H groups in total. The number of amides is 2. The van der Waals surface area contributed by atoms with Gasteiger partial charge in [0.25, 0.3) is 0 Å². The highest BCUT2D eigenvalue weighted by molar-refractivity contribution is 7.99. The third kappa shape index (κ3) is 5.96. The average Bonchev–Trinajstić information content (AvgIpc) is 3.27. The Morgan fingerprint density at radius 1 is 0.966 bits per heavy atom. The van der Waals surface area contributed by atoms with E-state index in [9.17, 15) is 9.59 Å². The summed E-state index contributed by atoms with van der Waals surface area (Å²) in [5.41, 5.74) is 2.45. The maximum absolute atomic E-state index is 12.5. The van der Waals surface area contributed by atoms with Crippen molar-refractivity contribution in [1.82, 2.24) is 9.78 Å². The molecule has 2 amide bonds. The Labute approximate surface area is 174 Å². The molecule has 0 unspecified atom stereocenters. The minimum Gasteiger partial charge on any atom is -0.325 e. The molecule has 1 heterocycles. The molecule has 0 aliphatic heterocycles. The Balaban J connectivity index is 1.54. The van der Waals surface area contributed by atoms with E-state index >= 15 is 0 Å². The van der Waals surface area contributed by atoms with Crippen LogP contribution in [0.3, 0.4) is 0 Å². The second-order valence-electron chi connectivity index (χ2n) is 6.66. The zero-order valence-corrected chi connectivity index (χ0v) is 17.2. The van der Waals surface area contributed by atoms with Gasteiger partial charge < -0.3 is 10.6 Å². The molecule has 0 aliphatic rings. The standard InChI is InChI=1S/C22H24N4O2S/c1-16(26-13-7-12-23-26)21(27)24-19-10-6-11-20(14-19)25-22(28)17(2)29-15-18-8-4-3-5-9-18/h3-14,16-17H,15H2,1-2H3,(H,24,27)(H,25,28)/t16-,17-/m0/s1. The summed E-state index contributed by atoms with van der Waals surface area (Å²) in [5, 5.41) is 9.67. The summed E-state index contributed by atoms with van der Waals surface area (Å²) in [7, 11) is 0. The minimum atomic E-state index is -0.433. The molecule has 0 saturated heterocycles. The van der Waals surface area contributed by atoms with Gasteiger partial charge in [0.05, 0.1) is 5.25 Å². The number of benzene rings is 2. The van der Waals surface area contributed by atoms with Crippen molar-refractivity contribution in [2.75, 3.05) is 10.6 Å². The van der Waals surface area contributed by atoms with Crippen molar-refractivity contribution < 1.29 is 9.59 Å². The molecule has 3 rings (SSSR count). The monoisotopic (exact) mass is 408 g/mol. The van der Waals surface area contributed by atoms with Crippen LogP contribution in [0.25, 0.3) is 0 Å². The number of aromatic nitrogens is 2. The summed E-state index contributed by atoms with van der Waals surface area (Å²) in [4.78, 5) is 24.9. The van der Waals surface area contributed by atoms with E-state index in [1.165, 1.54) is 5.56 Å². The van der Waals surface area contributed by atoms with Crippen molar-refractivity contribution in [2.24, 2.45) is 0 Å². The molecule has 6 nitrogen and oxygen atoms in total. The fourth-order valence-electron chi connectivity index (χ4n) is 2.67. The minimum absolute atomic E-state index is 0.0701. The highest BCUT2D eigenvalue weighted by Crippen LogP contribution is 2.21. The highest BCUT2D eigenvalue weighted by Gasteiger charge is 2.16. The summed E-state index contributed by atoms with van der Waals surface area (Å²) >= 11 is 1.58. The van der Waals surface area contributed by atoms with E-state index in [-0.39, 0.29) is 17.1 Å². The molecule has 2 atom stereocenters. The zero-order chi connectivity index (χ0) is 20.6. The number of thioether (sulfide) groups is 1. The maximum Gasteiger partial charge on any atom is 0.248 e. The van der Waals surface area contributed by atoms with Gasteiger partial charge in [-0.15, -0.1) is 11.8 Å². The fraction of sp³-hybridized carbons (Fsp3) is 0.227. The number of anilines is 2. The van der Waals surface area contributed by atoms with Crippen LogP contribution >= 0.6 is 11.8 Å². The van der Waals surface area contributed by atoms with E-state index in [0.29, 0.717) is 11.4 Å². The first kappa shape index (κ1) is 20.7. The number of rotatable bonds is 8. The maximum atomic E-state index is 12.5. The number of hydrogen-bond acceptors (Lipinski definition) is 4. The Hall–Kier alpha value is -3.06. The molecule has 0 bridgehead atoms. The lowest BCUT2D eigenvalue weighted by atomic mass is 10.2. The summed E-state index contributed by atoms with van der Waals surface area (Å²) in [5.74, 6) is 0.528. The van der Waals surface area contributed by atoms with Gasteiger partial charge in [0.2, 0.25) is 11.8 Å². The van der Waals surface area contributed by atoms with Gasteiger partial charge in [-0.3, -0.25) is 14.3 Å². The van der Waals surface area contributed by atoms with Crippen LogP contribution in [-0.2, 0) is 15.3 Å². The van der Waals surface area contributed by atoms with E-state index in [1.54, 1.807) is 66.1 Å². The Bertz CT molecular complexity index is 944. The van der Waals surface area contributed by atoms with Crippen LogP contribution in [0.1, 0.15) is 25.5 Å². The summed E-state index contributed by atoms with van der Waals surface area (Å²) in [6.07, 6.45) is 3.38. The number of carbonyl (C=O) groups excluding carboxylic acids is 2. The molecule has 7 heteroatoms. The van der Waals surface area contributed by atoms with Crippen LogP contribution in [0, 0.1) is 0 Å². The van der Waals surface area contributed by atoms with E-state index in [0.717, 1.165) is 5.75 Å². The van der Waals surface area contributed by atoms with Gasteiger partial charge >= 0.3 is 0 Å². The average molecular weight is 409 g/mol. The van der Waals surface area contributed by atoms with Crippen LogP contribution in [-0.4, -0.2) is 26.8 Å². The molecule has 150 valence electrons. The number of carbonyl (C=O) groups is 2. The first-order valence-corrected chi connectivity index (χ1v) is 10.4. The predicted molar refractivity (Wildman–Crippen MR) is 118 cm³/mol. The molecule has 0 saturated carbocycles. The summed E-state index contributed by atoms with van der Waals surface area (Å²) in [6, 6.07) is 18.5. The number of hydrogen-bond donors (Lipinski definition) is 2. The topological polar surface area (TPSA) is 76.0 Å². The predicted octanol–water partition coefficient (Wildman–Crippen LogP) is 4.34. The van der Waals surface area contributed by atoms with Gasteiger partial charge in [-0.25, -0.2) is 0 Å².